The Morgan fingerprint density at radius 3 is 2.71 bits per heavy atom. The largest absolute Gasteiger partial charge is 0.388 e. The molecule has 0 spiro atoms. The van der Waals surface area contributed by atoms with Crippen LogP contribution >= 0.6 is 23.2 Å². The number of nitrogens with zero attached hydrogens (tertiary/aromatic N) is 1. The minimum atomic E-state index is -0.971. The molecule has 4 nitrogen and oxygen atoms in total. The zero-order chi connectivity index (χ0) is 12.6. The summed E-state index contributed by atoms with van der Waals surface area (Å²) < 4.78 is 0. The van der Waals surface area contributed by atoms with Gasteiger partial charge in [-0.05, 0) is 19.1 Å². The smallest absolute Gasteiger partial charge is 0.110 e. The maximum atomic E-state index is 9.87. The Bertz CT molecular complexity index is 512. The summed E-state index contributed by atoms with van der Waals surface area (Å²) in [5.41, 5.74) is 6.01. The highest BCUT2D eigenvalue weighted by Gasteiger charge is 2.20. The summed E-state index contributed by atoms with van der Waals surface area (Å²) in [4.78, 5) is 7.42. The van der Waals surface area contributed by atoms with Gasteiger partial charge < -0.3 is 15.8 Å². The van der Waals surface area contributed by atoms with E-state index in [2.05, 4.69) is 9.97 Å². The van der Waals surface area contributed by atoms with Crippen molar-refractivity contribution in [2.75, 3.05) is 6.54 Å². The quantitative estimate of drug-likeness (QED) is 0.802. The zero-order valence-electron chi connectivity index (χ0n) is 9.30. The Morgan fingerprint density at radius 2 is 2.06 bits per heavy atom. The van der Waals surface area contributed by atoms with Gasteiger partial charge in [-0.1, -0.05) is 23.2 Å². The monoisotopic (exact) mass is 273 g/mol. The minimum Gasteiger partial charge on any atom is -0.388 e. The van der Waals surface area contributed by atoms with Crippen LogP contribution in [0.5, 0.6) is 0 Å². The van der Waals surface area contributed by atoms with E-state index >= 15 is 0 Å². The van der Waals surface area contributed by atoms with Gasteiger partial charge in [0.25, 0.3) is 0 Å². The summed E-state index contributed by atoms with van der Waals surface area (Å²) in [5, 5.41) is 10.8. The van der Waals surface area contributed by atoms with Crippen LogP contribution in [0.4, 0.5) is 0 Å². The van der Waals surface area contributed by atoms with Gasteiger partial charge in [-0.25, -0.2) is 4.98 Å². The standard InChI is InChI=1S/C11H13Cl2N3O/c1-11(17,5-14)4-10-15-8-2-6(12)7(13)3-9(8)16-10/h2-3,17H,4-5,14H2,1H3,(H,15,16). The van der Waals surface area contributed by atoms with Gasteiger partial charge in [-0.3, -0.25) is 0 Å². The normalized spacial score (nSPS) is 15.1. The lowest BCUT2D eigenvalue weighted by Gasteiger charge is -2.18. The van der Waals surface area contributed by atoms with E-state index in [1.807, 2.05) is 0 Å². The molecule has 0 fully saturated rings. The van der Waals surface area contributed by atoms with Crippen LogP contribution in [0.25, 0.3) is 11.0 Å². The van der Waals surface area contributed by atoms with Gasteiger partial charge in [-0.2, -0.15) is 0 Å². The van der Waals surface area contributed by atoms with E-state index in [4.69, 9.17) is 28.9 Å². The molecule has 1 aromatic carbocycles. The van der Waals surface area contributed by atoms with Crippen molar-refractivity contribution in [3.05, 3.63) is 28.0 Å². The first-order valence-electron chi connectivity index (χ1n) is 5.17. The Morgan fingerprint density at radius 1 is 1.41 bits per heavy atom. The molecule has 17 heavy (non-hydrogen) atoms. The number of hydrogen-bond acceptors (Lipinski definition) is 3. The minimum absolute atomic E-state index is 0.172. The Balaban J connectivity index is 2.38. The topological polar surface area (TPSA) is 74.9 Å². The van der Waals surface area contributed by atoms with Crippen LogP contribution in [0, 0.1) is 0 Å². The van der Waals surface area contributed by atoms with Crippen molar-refractivity contribution in [1.29, 1.82) is 0 Å². The molecule has 0 radical (unpaired) electrons. The van der Waals surface area contributed by atoms with E-state index in [-0.39, 0.29) is 6.54 Å². The van der Waals surface area contributed by atoms with Gasteiger partial charge in [0.1, 0.15) is 5.82 Å². The van der Waals surface area contributed by atoms with Crippen molar-refractivity contribution >= 4 is 34.2 Å². The molecule has 4 N–H and O–H groups in total. The molecule has 0 aliphatic rings. The van der Waals surface area contributed by atoms with E-state index < -0.39 is 5.60 Å². The Kier molecular flexibility index (Phi) is 3.32. The second kappa shape index (κ2) is 4.46. The summed E-state index contributed by atoms with van der Waals surface area (Å²) >= 11 is 11.8. The van der Waals surface area contributed by atoms with Crippen LogP contribution in [-0.2, 0) is 6.42 Å². The van der Waals surface area contributed by atoms with Crippen LogP contribution in [0.1, 0.15) is 12.7 Å². The lowest BCUT2D eigenvalue weighted by Crippen LogP contribution is -2.36. The van der Waals surface area contributed by atoms with Gasteiger partial charge in [0.05, 0.1) is 26.7 Å². The molecule has 0 saturated carbocycles. The summed E-state index contributed by atoms with van der Waals surface area (Å²) in [5.74, 6) is 0.661. The first kappa shape index (κ1) is 12.6. The van der Waals surface area contributed by atoms with Crippen LogP contribution in [0.15, 0.2) is 12.1 Å². The number of nitrogens with two attached hydrogens (primary N) is 1. The van der Waals surface area contributed by atoms with Crippen molar-refractivity contribution in [3.8, 4) is 0 Å². The molecule has 6 heteroatoms. The Hall–Kier alpha value is -0.810. The fourth-order valence-corrected chi connectivity index (χ4v) is 1.90. The van der Waals surface area contributed by atoms with Gasteiger partial charge in [0, 0.05) is 13.0 Å². The average molecular weight is 274 g/mol. The Labute approximate surface area is 109 Å². The fourth-order valence-electron chi connectivity index (χ4n) is 1.57. The molecular formula is C11H13Cl2N3O. The van der Waals surface area contributed by atoms with Crippen LogP contribution in [0.3, 0.4) is 0 Å². The highest BCUT2D eigenvalue weighted by atomic mass is 35.5. The average Bonchev–Trinajstić information content (AvgIpc) is 2.59. The van der Waals surface area contributed by atoms with E-state index in [0.29, 0.717) is 22.3 Å². The molecule has 2 rings (SSSR count). The molecule has 0 bridgehead atoms. The van der Waals surface area contributed by atoms with Gasteiger partial charge in [0.2, 0.25) is 0 Å². The molecule has 1 unspecified atom stereocenters. The lowest BCUT2D eigenvalue weighted by atomic mass is 10.0. The molecule has 0 amide bonds. The van der Waals surface area contributed by atoms with Crippen molar-refractivity contribution in [2.45, 2.75) is 18.9 Å². The van der Waals surface area contributed by atoms with Crippen LogP contribution in [-0.4, -0.2) is 27.2 Å². The number of halogens is 2. The van der Waals surface area contributed by atoms with E-state index in [0.717, 1.165) is 11.0 Å². The van der Waals surface area contributed by atoms with Gasteiger partial charge in [-0.15, -0.1) is 0 Å². The van der Waals surface area contributed by atoms with Crippen LogP contribution in [0.2, 0.25) is 10.0 Å². The van der Waals surface area contributed by atoms with Crippen molar-refractivity contribution < 1.29 is 5.11 Å². The number of H-pyrrole nitrogens is 1. The van der Waals surface area contributed by atoms with Crippen LogP contribution < -0.4 is 5.73 Å². The number of fused-ring (bicyclic) bond motifs is 1. The number of nitrogens with one attached hydrogen (secondary N) is 1. The fraction of sp³-hybridized carbons (Fsp3) is 0.364. The summed E-state index contributed by atoms with van der Waals surface area (Å²) in [6.45, 7) is 1.84. The van der Waals surface area contributed by atoms with Gasteiger partial charge in [0.15, 0.2) is 0 Å². The number of aromatic nitrogens is 2. The maximum Gasteiger partial charge on any atom is 0.110 e. The third-order valence-corrected chi connectivity index (χ3v) is 3.28. The van der Waals surface area contributed by atoms with Crippen molar-refractivity contribution in [3.63, 3.8) is 0 Å². The zero-order valence-corrected chi connectivity index (χ0v) is 10.8. The van der Waals surface area contributed by atoms with Crippen molar-refractivity contribution in [2.24, 2.45) is 5.73 Å². The number of benzene rings is 1. The first-order valence-corrected chi connectivity index (χ1v) is 5.93. The number of aromatic amines is 1. The van der Waals surface area contributed by atoms with Crippen molar-refractivity contribution in [1.82, 2.24) is 9.97 Å². The number of imidazole rings is 1. The number of rotatable bonds is 3. The lowest BCUT2D eigenvalue weighted by molar-refractivity contribution is 0.0678. The van der Waals surface area contributed by atoms with Gasteiger partial charge >= 0.3 is 0 Å². The summed E-state index contributed by atoms with van der Waals surface area (Å²) in [6, 6.07) is 3.41. The molecule has 1 heterocycles. The summed E-state index contributed by atoms with van der Waals surface area (Å²) in [6.07, 6.45) is 0.355. The molecular weight excluding hydrogens is 261 g/mol. The third-order valence-electron chi connectivity index (χ3n) is 2.56. The highest BCUT2D eigenvalue weighted by Crippen LogP contribution is 2.27. The SMILES string of the molecule is CC(O)(CN)Cc1nc2cc(Cl)c(Cl)cc2[nH]1. The first-order chi connectivity index (χ1) is 7.91. The maximum absolute atomic E-state index is 9.87. The second-order valence-electron chi connectivity index (χ2n) is 4.34. The molecule has 92 valence electrons. The molecule has 0 saturated heterocycles. The molecule has 1 aromatic heterocycles. The highest BCUT2D eigenvalue weighted by molar-refractivity contribution is 6.42. The summed E-state index contributed by atoms with van der Waals surface area (Å²) in [7, 11) is 0. The molecule has 0 aliphatic heterocycles. The van der Waals surface area contributed by atoms with E-state index in [1.54, 1.807) is 19.1 Å². The molecule has 1 atom stereocenters. The van der Waals surface area contributed by atoms with E-state index in [9.17, 15) is 5.11 Å². The van der Waals surface area contributed by atoms with E-state index in [1.165, 1.54) is 0 Å². The third kappa shape index (κ3) is 2.72. The predicted octanol–water partition coefficient (Wildman–Crippen LogP) is 2.12. The number of aliphatic hydroxyl groups is 1. The number of hydrogen-bond donors (Lipinski definition) is 3. The molecule has 2 aromatic rings. The second-order valence-corrected chi connectivity index (χ2v) is 5.16. The molecule has 0 aliphatic carbocycles. The predicted molar refractivity (Wildman–Crippen MR) is 69.5 cm³/mol.